The highest BCUT2D eigenvalue weighted by atomic mass is 32.1. The second kappa shape index (κ2) is 7.42. The minimum Gasteiger partial charge on any atom is -0.381 e. The smallest absolute Gasteiger partial charge is 0.284 e. The van der Waals surface area contributed by atoms with E-state index in [4.69, 9.17) is 5.21 Å². The number of anilines is 1. The molecule has 1 aromatic heterocycles. The quantitative estimate of drug-likeness (QED) is 0.573. The van der Waals surface area contributed by atoms with Crippen molar-refractivity contribution in [3.8, 4) is 10.4 Å². The van der Waals surface area contributed by atoms with E-state index >= 15 is 0 Å². The Balaban J connectivity index is 1.63. The number of rotatable bonds is 5. The molecule has 0 fully saturated rings. The molecule has 1 atom stereocenters. The minimum atomic E-state index is -0.483. The van der Waals surface area contributed by atoms with Crippen molar-refractivity contribution in [1.29, 1.82) is 0 Å². The maximum absolute atomic E-state index is 11.4. The summed E-state index contributed by atoms with van der Waals surface area (Å²) in [5.41, 5.74) is 5.10. The number of nitrogens with one attached hydrogen (secondary N) is 2. The van der Waals surface area contributed by atoms with Crippen LogP contribution in [0.25, 0.3) is 10.4 Å². The lowest BCUT2D eigenvalue weighted by Gasteiger charge is -2.15. The number of hydrogen-bond acceptors (Lipinski definition) is 5. The summed E-state index contributed by atoms with van der Waals surface area (Å²) in [7, 11) is 0. The molecule has 0 bridgehead atoms. The molecule has 3 rings (SSSR count). The summed E-state index contributed by atoms with van der Waals surface area (Å²) in [6, 6.07) is 12.0. The molecule has 24 heavy (non-hydrogen) atoms. The first-order valence-corrected chi connectivity index (χ1v) is 8.57. The van der Waals surface area contributed by atoms with Gasteiger partial charge in [0, 0.05) is 23.3 Å². The first kappa shape index (κ1) is 16.4. The number of amides is 1. The van der Waals surface area contributed by atoms with E-state index in [0.29, 0.717) is 10.9 Å². The number of thiophene rings is 1. The summed E-state index contributed by atoms with van der Waals surface area (Å²) >= 11 is 1.34. The number of benzene rings is 1. The van der Waals surface area contributed by atoms with E-state index in [1.807, 2.05) is 36.5 Å². The Kier molecular flexibility index (Phi) is 5.08. The van der Waals surface area contributed by atoms with Crippen molar-refractivity contribution in [2.45, 2.75) is 19.4 Å². The van der Waals surface area contributed by atoms with Gasteiger partial charge >= 0.3 is 0 Å². The van der Waals surface area contributed by atoms with Gasteiger partial charge in [-0.3, -0.25) is 15.0 Å². The molecular formula is C18H19N3O2S. The molecule has 1 unspecified atom stereocenters. The zero-order valence-electron chi connectivity index (χ0n) is 13.3. The molecule has 2 heterocycles. The van der Waals surface area contributed by atoms with E-state index in [9.17, 15) is 4.79 Å². The van der Waals surface area contributed by atoms with Crippen LogP contribution in [-0.4, -0.2) is 29.9 Å². The third-order valence-electron chi connectivity index (χ3n) is 3.83. The van der Waals surface area contributed by atoms with E-state index in [2.05, 4.69) is 23.3 Å². The Morgan fingerprint density at radius 3 is 2.79 bits per heavy atom. The Bertz CT molecular complexity index is 778. The summed E-state index contributed by atoms with van der Waals surface area (Å²) in [5, 5.41) is 12.1. The van der Waals surface area contributed by atoms with E-state index < -0.39 is 5.91 Å². The minimum absolute atomic E-state index is 0.360. The fraction of sp³-hybridized carbons (Fsp3) is 0.222. The predicted molar refractivity (Wildman–Crippen MR) is 98.2 cm³/mol. The molecule has 6 heteroatoms. The molecule has 5 nitrogen and oxygen atoms in total. The van der Waals surface area contributed by atoms with Gasteiger partial charge in [-0.2, -0.15) is 0 Å². The fourth-order valence-electron chi connectivity index (χ4n) is 2.56. The largest absolute Gasteiger partial charge is 0.381 e. The lowest BCUT2D eigenvalue weighted by molar-refractivity contribution is 0.0711. The summed E-state index contributed by atoms with van der Waals surface area (Å²) in [4.78, 5) is 17.2. The van der Waals surface area contributed by atoms with Crippen molar-refractivity contribution in [3.05, 3.63) is 52.9 Å². The average Bonchev–Trinajstić information content (AvgIpc) is 3.10. The van der Waals surface area contributed by atoms with Crippen molar-refractivity contribution in [2.75, 3.05) is 11.9 Å². The molecule has 0 spiro atoms. The first-order chi connectivity index (χ1) is 11.7. The van der Waals surface area contributed by atoms with Gasteiger partial charge < -0.3 is 5.32 Å². The summed E-state index contributed by atoms with van der Waals surface area (Å²) in [6.07, 6.45) is 4.94. The molecule has 0 saturated heterocycles. The number of allylic oxidation sites excluding steroid dienone is 1. The number of carbonyl (C=O) groups excluding carboxylic acids is 1. The first-order valence-electron chi connectivity index (χ1n) is 7.75. The summed E-state index contributed by atoms with van der Waals surface area (Å²) < 4.78 is 0. The Labute approximate surface area is 144 Å². The average molecular weight is 341 g/mol. The molecule has 1 aliphatic rings. The fourth-order valence-corrected chi connectivity index (χ4v) is 3.47. The lowest BCUT2D eigenvalue weighted by atomic mass is 10.1. The van der Waals surface area contributed by atoms with Gasteiger partial charge in [0.15, 0.2) is 0 Å². The van der Waals surface area contributed by atoms with Crippen LogP contribution in [0.4, 0.5) is 5.69 Å². The van der Waals surface area contributed by atoms with Crippen LogP contribution in [0.5, 0.6) is 0 Å². The van der Waals surface area contributed by atoms with Crippen LogP contribution in [-0.2, 0) is 0 Å². The van der Waals surface area contributed by atoms with Gasteiger partial charge in [-0.1, -0.05) is 12.1 Å². The molecule has 1 aromatic carbocycles. The van der Waals surface area contributed by atoms with Gasteiger partial charge in [-0.25, -0.2) is 5.48 Å². The third-order valence-corrected chi connectivity index (χ3v) is 4.96. The monoisotopic (exact) mass is 341 g/mol. The molecule has 124 valence electrons. The number of hydroxylamine groups is 1. The Morgan fingerprint density at radius 1 is 1.29 bits per heavy atom. The van der Waals surface area contributed by atoms with Crippen molar-refractivity contribution in [2.24, 2.45) is 4.99 Å². The number of nitrogens with zero attached hydrogens (tertiary/aromatic N) is 1. The topological polar surface area (TPSA) is 73.7 Å². The van der Waals surface area contributed by atoms with Gasteiger partial charge in [-0.15, -0.1) is 11.3 Å². The highest BCUT2D eigenvalue weighted by Crippen LogP contribution is 2.29. The van der Waals surface area contributed by atoms with Gasteiger partial charge in [0.25, 0.3) is 5.91 Å². The second-order valence-corrected chi connectivity index (χ2v) is 6.80. The number of aliphatic imine (C=N–C) groups is 1. The molecule has 1 amide bonds. The number of dihydropyridines is 1. The Hall–Kier alpha value is -2.44. The van der Waals surface area contributed by atoms with Crippen LogP contribution in [0.1, 0.15) is 23.0 Å². The van der Waals surface area contributed by atoms with E-state index in [-0.39, 0.29) is 0 Å². The van der Waals surface area contributed by atoms with Crippen LogP contribution in [0.2, 0.25) is 0 Å². The lowest BCUT2D eigenvalue weighted by Crippen LogP contribution is -2.16. The van der Waals surface area contributed by atoms with Crippen molar-refractivity contribution >= 4 is 29.1 Å². The maximum atomic E-state index is 11.4. The highest BCUT2D eigenvalue weighted by molar-refractivity contribution is 7.17. The summed E-state index contributed by atoms with van der Waals surface area (Å²) in [5.74, 6) is -0.483. The molecule has 2 aromatic rings. The maximum Gasteiger partial charge on any atom is 0.284 e. The normalized spacial score (nSPS) is 16.6. The van der Waals surface area contributed by atoms with E-state index in [1.54, 1.807) is 11.5 Å². The van der Waals surface area contributed by atoms with E-state index in [0.717, 1.165) is 29.1 Å². The number of carbonyl (C=O) groups is 1. The molecule has 3 N–H and O–H groups in total. The van der Waals surface area contributed by atoms with Gasteiger partial charge in [0.05, 0.1) is 10.9 Å². The third kappa shape index (κ3) is 3.90. The van der Waals surface area contributed by atoms with Gasteiger partial charge in [-0.05, 0) is 54.8 Å². The highest BCUT2D eigenvalue weighted by Gasteiger charge is 2.10. The number of hydrogen-bond donors (Lipinski definition) is 3. The van der Waals surface area contributed by atoms with Crippen molar-refractivity contribution < 1.29 is 10.0 Å². The van der Waals surface area contributed by atoms with Crippen LogP contribution in [0.3, 0.4) is 0 Å². The van der Waals surface area contributed by atoms with E-state index in [1.165, 1.54) is 16.9 Å². The van der Waals surface area contributed by atoms with Crippen LogP contribution >= 0.6 is 11.3 Å². The molecule has 1 aliphatic heterocycles. The predicted octanol–water partition coefficient (Wildman–Crippen LogP) is 3.74. The van der Waals surface area contributed by atoms with Crippen molar-refractivity contribution in [1.82, 2.24) is 5.48 Å². The molecular weight excluding hydrogens is 322 g/mol. The molecule has 0 radical (unpaired) electrons. The zero-order valence-corrected chi connectivity index (χ0v) is 14.1. The Morgan fingerprint density at radius 2 is 2.08 bits per heavy atom. The van der Waals surface area contributed by atoms with Crippen LogP contribution < -0.4 is 10.8 Å². The second-order valence-electron chi connectivity index (χ2n) is 5.71. The SMILES string of the molecule is CC1CC(CNc2ccc(-c3ccc(C(=O)NO)s3)cc2)=CC=N1. The van der Waals surface area contributed by atoms with Crippen LogP contribution in [0.15, 0.2) is 53.0 Å². The molecule has 0 saturated carbocycles. The van der Waals surface area contributed by atoms with Crippen molar-refractivity contribution in [3.63, 3.8) is 0 Å². The zero-order chi connectivity index (χ0) is 16.9. The standard InChI is InChI=1S/C18H19N3O2S/c1-12-10-13(8-9-19-12)11-20-15-4-2-14(3-5-15)16-6-7-17(24-16)18(22)21-23/h2-9,12,20,23H,10-11H2,1H3,(H,21,22). The van der Waals surface area contributed by atoms with Gasteiger partial charge in [0.2, 0.25) is 0 Å². The van der Waals surface area contributed by atoms with Crippen LogP contribution in [0, 0.1) is 0 Å². The van der Waals surface area contributed by atoms with Gasteiger partial charge in [0.1, 0.15) is 0 Å². The molecule has 0 aliphatic carbocycles. The summed E-state index contributed by atoms with van der Waals surface area (Å²) in [6.45, 7) is 2.93.